The van der Waals surface area contributed by atoms with Gasteiger partial charge >= 0.3 is 0 Å². The van der Waals surface area contributed by atoms with E-state index in [0.29, 0.717) is 39.3 Å². The van der Waals surface area contributed by atoms with Crippen molar-refractivity contribution in [1.29, 1.82) is 0 Å². The summed E-state index contributed by atoms with van der Waals surface area (Å²) in [7, 11) is 4.20. The second-order valence-electron chi connectivity index (χ2n) is 9.33. The number of carbonyl (C=O) groups is 1. The van der Waals surface area contributed by atoms with Crippen LogP contribution >= 0.6 is 35.0 Å². The molecule has 35 heavy (non-hydrogen) atoms. The molecule has 1 aromatic carbocycles. The highest BCUT2D eigenvalue weighted by molar-refractivity contribution is 7.98. The van der Waals surface area contributed by atoms with E-state index in [2.05, 4.69) is 29.3 Å². The molecule has 4 rings (SSSR count). The molecule has 2 aromatic rings. The van der Waals surface area contributed by atoms with Gasteiger partial charge in [0.05, 0.1) is 16.1 Å². The number of halogens is 2. The summed E-state index contributed by atoms with van der Waals surface area (Å²) >= 11 is 14.3. The van der Waals surface area contributed by atoms with Gasteiger partial charge in [-0.1, -0.05) is 23.2 Å². The number of nitrogens with one attached hydrogen (secondary N) is 2. The van der Waals surface area contributed by atoms with Crippen molar-refractivity contribution >= 4 is 40.9 Å². The van der Waals surface area contributed by atoms with Crippen molar-refractivity contribution in [2.24, 2.45) is 0 Å². The van der Waals surface area contributed by atoms with Crippen molar-refractivity contribution < 1.29 is 14.3 Å². The van der Waals surface area contributed by atoms with Gasteiger partial charge in [0, 0.05) is 30.0 Å². The second-order valence-corrected chi connectivity index (χ2v) is 11.0. The van der Waals surface area contributed by atoms with E-state index in [-0.39, 0.29) is 29.1 Å². The van der Waals surface area contributed by atoms with Gasteiger partial charge in [0.25, 0.3) is 11.5 Å². The summed E-state index contributed by atoms with van der Waals surface area (Å²) in [6.45, 7) is 3.73. The fraction of sp³-hybridized carbons (Fsp3) is 0.520. The van der Waals surface area contributed by atoms with Crippen LogP contribution in [0.3, 0.4) is 0 Å². The standard InChI is InChI=1S/C25H31Cl2N3O4S/c1-12-19(25(32)28-11-16-17(35-5)10-18(26)29-24(16)31)20(14-6-8-15(9-7-14)30(3)4)21(27)23-22(12)33-13(2)34-23/h10,13-15H,6-9,11H2,1-5H3,(H,28,32)(H,29,31)/t13-,14-,15-/m1/s1. The highest BCUT2D eigenvalue weighted by atomic mass is 35.5. The molecule has 0 spiro atoms. The first kappa shape index (κ1) is 26.2. The smallest absolute Gasteiger partial charge is 0.255 e. The summed E-state index contributed by atoms with van der Waals surface area (Å²) in [5.74, 6) is 0.856. The Morgan fingerprint density at radius 1 is 1.20 bits per heavy atom. The number of H-pyrrole nitrogens is 1. The molecule has 2 heterocycles. The highest BCUT2D eigenvalue weighted by Crippen LogP contribution is 2.51. The van der Waals surface area contributed by atoms with Gasteiger partial charge in [0.2, 0.25) is 6.29 Å². The number of hydrogen-bond donors (Lipinski definition) is 2. The van der Waals surface area contributed by atoms with Gasteiger partial charge in [-0.25, -0.2) is 0 Å². The predicted octanol–water partition coefficient (Wildman–Crippen LogP) is 5.35. The van der Waals surface area contributed by atoms with Crippen molar-refractivity contribution in [3.63, 3.8) is 0 Å². The number of benzene rings is 1. The third-order valence-electron chi connectivity index (χ3n) is 6.96. The molecule has 1 aliphatic carbocycles. The van der Waals surface area contributed by atoms with Crippen LogP contribution in [0.5, 0.6) is 11.5 Å². The molecule has 1 amide bonds. The van der Waals surface area contributed by atoms with E-state index in [9.17, 15) is 9.59 Å². The third kappa shape index (κ3) is 5.17. The molecule has 1 aromatic heterocycles. The number of carbonyl (C=O) groups excluding carboxylic acids is 1. The van der Waals surface area contributed by atoms with E-state index >= 15 is 0 Å². The van der Waals surface area contributed by atoms with Crippen LogP contribution in [-0.4, -0.2) is 48.5 Å². The van der Waals surface area contributed by atoms with Crippen molar-refractivity contribution in [3.8, 4) is 11.5 Å². The summed E-state index contributed by atoms with van der Waals surface area (Å²) in [6.07, 6.45) is 5.28. The van der Waals surface area contributed by atoms with Gasteiger partial charge in [-0.15, -0.1) is 11.8 Å². The fourth-order valence-electron chi connectivity index (χ4n) is 5.12. The maximum atomic E-state index is 13.7. The topological polar surface area (TPSA) is 83.7 Å². The van der Waals surface area contributed by atoms with E-state index < -0.39 is 6.29 Å². The first-order chi connectivity index (χ1) is 16.6. The molecule has 10 heteroatoms. The second kappa shape index (κ2) is 10.6. The van der Waals surface area contributed by atoms with Gasteiger partial charge in [0.15, 0.2) is 11.5 Å². The number of thioether (sulfide) groups is 1. The quantitative estimate of drug-likeness (QED) is 0.380. The van der Waals surface area contributed by atoms with Gasteiger partial charge in [0.1, 0.15) is 5.15 Å². The summed E-state index contributed by atoms with van der Waals surface area (Å²) in [5, 5.41) is 3.66. The minimum Gasteiger partial charge on any atom is -0.451 e. The van der Waals surface area contributed by atoms with Gasteiger partial charge < -0.3 is 24.7 Å². The first-order valence-electron chi connectivity index (χ1n) is 11.7. The Labute approximate surface area is 219 Å². The van der Waals surface area contributed by atoms with Crippen LogP contribution in [0.1, 0.15) is 65.6 Å². The Hall–Kier alpha value is -1.87. The maximum absolute atomic E-state index is 13.7. The number of aromatic nitrogens is 1. The number of pyridine rings is 1. The fourth-order valence-corrected chi connectivity index (χ4v) is 6.40. The SMILES string of the molecule is CSc1cc(Cl)[nH]c(=O)c1CNC(=O)c1c(C)c2c(c(Cl)c1[C@H]1CC[C@H](N(C)C)CC1)O[C@H](C)O2. The molecule has 0 saturated heterocycles. The van der Waals surface area contributed by atoms with Crippen LogP contribution in [0, 0.1) is 6.92 Å². The van der Waals surface area contributed by atoms with Crippen LogP contribution < -0.4 is 20.3 Å². The van der Waals surface area contributed by atoms with Crippen LogP contribution in [0.4, 0.5) is 0 Å². The van der Waals surface area contributed by atoms with Crippen molar-refractivity contribution in [3.05, 3.63) is 48.8 Å². The molecule has 0 radical (unpaired) electrons. The zero-order valence-corrected chi connectivity index (χ0v) is 22.9. The lowest BCUT2D eigenvalue weighted by molar-refractivity contribution is 0.0674. The Bertz CT molecular complexity index is 1190. The summed E-state index contributed by atoms with van der Waals surface area (Å²) in [5.41, 5.74) is 2.16. The number of hydrogen-bond acceptors (Lipinski definition) is 6. The molecule has 190 valence electrons. The lowest BCUT2D eigenvalue weighted by Gasteiger charge is -2.34. The minimum absolute atomic E-state index is 0.0657. The Morgan fingerprint density at radius 2 is 1.86 bits per heavy atom. The molecular weight excluding hydrogens is 509 g/mol. The zero-order valence-electron chi connectivity index (χ0n) is 20.6. The largest absolute Gasteiger partial charge is 0.451 e. The van der Waals surface area contributed by atoms with E-state index in [1.807, 2.05) is 13.2 Å². The molecule has 0 unspecified atom stereocenters. The minimum atomic E-state index is -0.478. The number of aromatic amines is 1. The molecule has 0 bridgehead atoms. The van der Waals surface area contributed by atoms with E-state index in [1.165, 1.54) is 11.8 Å². The van der Waals surface area contributed by atoms with E-state index in [1.54, 1.807) is 13.0 Å². The van der Waals surface area contributed by atoms with Gasteiger partial charge in [-0.05, 0) is 70.5 Å². The monoisotopic (exact) mass is 539 g/mol. The van der Waals surface area contributed by atoms with Crippen LogP contribution in [0.2, 0.25) is 10.2 Å². The number of rotatable bonds is 6. The molecule has 1 fully saturated rings. The molecule has 2 aliphatic rings. The molecular formula is C25H31Cl2N3O4S. The predicted molar refractivity (Wildman–Crippen MR) is 141 cm³/mol. The lowest BCUT2D eigenvalue weighted by Crippen LogP contribution is -2.33. The number of fused-ring (bicyclic) bond motifs is 1. The van der Waals surface area contributed by atoms with Crippen molar-refractivity contribution in [2.45, 2.75) is 69.2 Å². The molecule has 7 nitrogen and oxygen atoms in total. The maximum Gasteiger partial charge on any atom is 0.255 e. The Balaban J connectivity index is 1.70. The first-order valence-corrected chi connectivity index (χ1v) is 13.7. The summed E-state index contributed by atoms with van der Waals surface area (Å²) in [6, 6.07) is 2.20. The third-order valence-corrected chi connectivity index (χ3v) is 8.35. The highest BCUT2D eigenvalue weighted by Gasteiger charge is 2.36. The number of ether oxygens (including phenoxy) is 2. The van der Waals surface area contributed by atoms with Crippen molar-refractivity contribution in [2.75, 3.05) is 20.4 Å². The number of amides is 1. The Morgan fingerprint density at radius 3 is 2.49 bits per heavy atom. The van der Waals surface area contributed by atoms with E-state index in [0.717, 1.165) is 36.1 Å². The van der Waals surface area contributed by atoms with Gasteiger partial charge in [-0.3, -0.25) is 9.59 Å². The molecule has 1 atom stereocenters. The van der Waals surface area contributed by atoms with E-state index in [4.69, 9.17) is 32.7 Å². The summed E-state index contributed by atoms with van der Waals surface area (Å²) in [4.78, 5) is 31.7. The molecule has 2 N–H and O–H groups in total. The van der Waals surface area contributed by atoms with Crippen LogP contribution in [-0.2, 0) is 6.54 Å². The zero-order chi connectivity index (χ0) is 25.4. The lowest BCUT2D eigenvalue weighted by atomic mass is 9.78. The average molecular weight is 541 g/mol. The Kier molecular flexibility index (Phi) is 7.95. The molecule has 1 saturated carbocycles. The molecule has 1 aliphatic heterocycles. The normalized spacial score (nSPS) is 21.4. The van der Waals surface area contributed by atoms with Crippen LogP contribution in [0.25, 0.3) is 0 Å². The number of nitrogens with zero attached hydrogens (tertiary/aromatic N) is 1. The average Bonchev–Trinajstić information content (AvgIpc) is 3.22. The van der Waals surface area contributed by atoms with Crippen molar-refractivity contribution in [1.82, 2.24) is 15.2 Å². The van der Waals surface area contributed by atoms with Crippen LogP contribution in [0.15, 0.2) is 15.8 Å². The summed E-state index contributed by atoms with van der Waals surface area (Å²) < 4.78 is 11.7. The van der Waals surface area contributed by atoms with Gasteiger partial charge in [-0.2, -0.15) is 0 Å².